The maximum atomic E-state index is 13.5. The fourth-order valence-electron chi connectivity index (χ4n) is 4.75. The number of benzene rings is 2. The van der Waals surface area contributed by atoms with Gasteiger partial charge in [0.05, 0.1) is 0 Å². The van der Waals surface area contributed by atoms with Crippen molar-refractivity contribution in [3.63, 3.8) is 0 Å². The van der Waals surface area contributed by atoms with Crippen molar-refractivity contribution in [2.75, 3.05) is 29.0 Å². The van der Waals surface area contributed by atoms with Gasteiger partial charge in [0, 0.05) is 46.9 Å². The van der Waals surface area contributed by atoms with E-state index in [1.165, 1.54) is 5.56 Å². The summed E-state index contributed by atoms with van der Waals surface area (Å²) in [5, 5.41) is 9.44. The van der Waals surface area contributed by atoms with Crippen molar-refractivity contribution in [3.8, 4) is 11.1 Å². The highest BCUT2D eigenvalue weighted by molar-refractivity contribution is 6.47. The summed E-state index contributed by atoms with van der Waals surface area (Å²) in [7, 11) is 0. The number of rotatable bonds is 9. The SMILES string of the molecule is Cc1cc(C)nc(NCCNc2ccc(NC(=O)C(=O)c3c(-c4ccccc4)cc4cccc(C)n34)cc2)c1. The van der Waals surface area contributed by atoms with Gasteiger partial charge >= 0.3 is 0 Å². The number of pyridine rings is 2. The minimum Gasteiger partial charge on any atom is -0.383 e. The van der Waals surface area contributed by atoms with Crippen LogP contribution in [0.3, 0.4) is 0 Å². The Morgan fingerprint density at radius 1 is 0.769 bits per heavy atom. The van der Waals surface area contributed by atoms with Gasteiger partial charge in [-0.1, -0.05) is 36.4 Å². The van der Waals surface area contributed by atoms with Crippen LogP contribution in [-0.2, 0) is 4.79 Å². The van der Waals surface area contributed by atoms with Crippen LogP contribution in [0.15, 0.2) is 91.0 Å². The van der Waals surface area contributed by atoms with Crippen LogP contribution in [0.25, 0.3) is 16.6 Å². The molecule has 39 heavy (non-hydrogen) atoms. The van der Waals surface area contributed by atoms with E-state index in [-0.39, 0.29) is 0 Å². The van der Waals surface area contributed by atoms with Crippen LogP contribution in [0.4, 0.5) is 17.2 Å². The third-order valence-corrected chi connectivity index (χ3v) is 6.49. The molecule has 3 heterocycles. The summed E-state index contributed by atoms with van der Waals surface area (Å²) < 4.78 is 1.85. The Hall–Kier alpha value is -4.91. The summed E-state index contributed by atoms with van der Waals surface area (Å²) in [5.41, 5.74) is 7.33. The Kier molecular flexibility index (Phi) is 7.41. The third kappa shape index (κ3) is 5.83. The summed E-state index contributed by atoms with van der Waals surface area (Å²) >= 11 is 0. The Bertz CT molecular complexity index is 1620. The van der Waals surface area contributed by atoms with Gasteiger partial charge in [0.25, 0.3) is 11.7 Å². The Morgan fingerprint density at radius 2 is 1.49 bits per heavy atom. The van der Waals surface area contributed by atoms with Gasteiger partial charge in [-0.3, -0.25) is 9.59 Å². The quantitative estimate of drug-likeness (QED) is 0.122. The molecule has 7 heteroatoms. The number of carbonyl (C=O) groups excluding carboxylic acids is 2. The fraction of sp³-hybridized carbons (Fsp3) is 0.156. The van der Waals surface area contributed by atoms with Crippen LogP contribution < -0.4 is 16.0 Å². The molecule has 5 rings (SSSR count). The van der Waals surface area contributed by atoms with E-state index < -0.39 is 11.7 Å². The number of anilines is 3. The number of amides is 1. The molecule has 3 aromatic heterocycles. The van der Waals surface area contributed by atoms with Gasteiger partial charge in [-0.05, 0) is 86.5 Å². The van der Waals surface area contributed by atoms with E-state index >= 15 is 0 Å². The third-order valence-electron chi connectivity index (χ3n) is 6.49. The number of nitrogens with one attached hydrogen (secondary N) is 3. The maximum absolute atomic E-state index is 13.5. The van der Waals surface area contributed by atoms with Crippen LogP contribution in [-0.4, -0.2) is 34.2 Å². The molecule has 2 aromatic carbocycles. The lowest BCUT2D eigenvalue weighted by atomic mass is 10.0. The zero-order chi connectivity index (χ0) is 27.4. The Labute approximate surface area is 227 Å². The zero-order valence-corrected chi connectivity index (χ0v) is 22.3. The first-order chi connectivity index (χ1) is 18.9. The van der Waals surface area contributed by atoms with Gasteiger partial charge in [-0.15, -0.1) is 0 Å². The Balaban J connectivity index is 1.25. The monoisotopic (exact) mass is 517 g/mol. The molecule has 0 unspecified atom stereocenters. The number of carbonyl (C=O) groups is 2. The molecule has 0 saturated heterocycles. The first kappa shape index (κ1) is 25.7. The van der Waals surface area contributed by atoms with Crippen molar-refractivity contribution in [2.24, 2.45) is 0 Å². The molecule has 0 bridgehead atoms. The van der Waals surface area contributed by atoms with E-state index in [0.29, 0.717) is 24.5 Å². The smallest absolute Gasteiger partial charge is 0.298 e. The van der Waals surface area contributed by atoms with Gasteiger partial charge in [0.2, 0.25) is 0 Å². The normalized spacial score (nSPS) is 10.8. The van der Waals surface area contributed by atoms with Gasteiger partial charge in [0.15, 0.2) is 0 Å². The van der Waals surface area contributed by atoms with Crippen molar-refractivity contribution in [1.82, 2.24) is 9.38 Å². The number of nitrogens with zero attached hydrogens (tertiary/aromatic N) is 2. The van der Waals surface area contributed by atoms with E-state index in [0.717, 1.165) is 39.5 Å². The lowest BCUT2D eigenvalue weighted by Gasteiger charge is -2.11. The van der Waals surface area contributed by atoms with Gasteiger partial charge < -0.3 is 20.4 Å². The fourth-order valence-corrected chi connectivity index (χ4v) is 4.75. The predicted molar refractivity (Wildman–Crippen MR) is 158 cm³/mol. The number of Topliss-reactive ketones (excluding diaryl/α,β-unsaturated/α-hetero) is 1. The number of fused-ring (bicyclic) bond motifs is 1. The lowest BCUT2D eigenvalue weighted by Crippen LogP contribution is -2.25. The molecule has 0 radical (unpaired) electrons. The number of ketones is 1. The molecule has 0 aliphatic carbocycles. The average molecular weight is 518 g/mol. The van der Waals surface area contributed by atoms with Gasteiger partial charge in [0.1, 0.15) is 11.5 Å². The highest BCUT2D eigenvalue weighted by atomic mass is 16.2. The van der Waals surface area contributed by atoms with Crippen LogP contribution in [0.5, 0.6) is 0 Å². The van der Waals surface area contributed by atoms with Gasteiger partial charge in [-0.2, -0.15) is 0 Å². The van der Waals surface area contributed by atoms with E-state index in [9.17, 15) is 9.59 Å². The first-order valence-electron chi connectivity index (χ1n) is 12.9. The maximum Gasteiger partial charge on any atom is 0.298 e. The molecule has 196 valence electrons. The standard InChI is InChI=1S/C32H31N5O2/c1-21-18-22(2)35-29(19-21)34-17-16-33-25-12-14-26(15-13-25)36-32(39)31(38)30-28(24-9-5-4-6-10-24)20-27-11-7-8-23(3)37(27)30/h4-15,18-20,33H,16-17H2,1-3H3,(H,34,35)(H,36,39). The van der Waals surface area contributed by atoms with Gasteiger partial charge in [-0.25, -0.2) is 4.98 Å². The largest absolute Gasteiger partial charge is 0.383 e. The summed E-state index contributed by atoms with van der Waals surface area (Å²) in [6.45, 7) is 7.36. The molecular weight excluding hydrogens is 486 g/mol. The molecular formula is C32H31N5O2. The summed E-state index contributed by atoms with van der Waals surface area (Å²) in [4.78, 5) is 31.1. The molecule has 0 aliphatic rings. The molecule has 5 aromatic rings. The van der Waals surface area contributed by atoms with E-state index in [1.54, 1.807) is 12.1 Å². The molecule has 1 amide bonds. The second-order valence-corrected chi connectivity index (χ2v) is 9.59. The molecule has 0 spiro atoms. The minimum atomic E-state index is -0.679. The van der Waals surface area contributed by atoms with Crippen LogP contribution in [0.1, 0.15) is 27.4 Å². The zero-order valence-electron chi connectivity index (χ0n) is 22.3. The number of hydrogen-bond donors (Lipinski definition) is 3. The van der Waals surface area contributed by atoms with Crippen LogP contribution in [0.2, 0.25) is 0 Å². The average Bonchev–Trinajstić information content (AvgIpc) is 3.32. The summed E-state index contributed by atoms with van der Waals surface area (Å²) in [5.74, 6) is -0.406. The van der Waals surface area contributed by atoms with Crippen LogP contribution in [0, 0.1) is 20.8 Å². The van der Waals surface area contributed by atoms with Crippen molar-refractivity contribution >= 4 is 34.4 Å². The highest BCUT2D eigenvalue weighted by Gasteiger charge is 2.25. The summed E-state index contributed by atoms with van der Waals surface area (Å²) in [6, 6.07) is 28.8. The molecule has 3 N–H and O–H groups in total. The predicted octanol–water partition coefficient (Wildman–Crippen LogP) is 6.27. The number of aryl methyl sites for hydroxylation is 3. The minimum absolute atomic E-state index is 0.357. The van der Waals surface area contributed by atoms with E-state index in [1.807, 2.05) is 97.1 Å². The van der Waals surface area contributed by atoms with Crippen molar-refractivity contribution in [2.45, 2.75) is 20.8 Å². The highest BCUT2D eigenvalue weighted by Crippen LogP contribution is 2.29. The molecule has 0 atom stereocenters. The van der Waals surface area contributed by atoms with Crippen molar-refractivity contribution < 1.29 is 9.59 Å². The molecule has 7 nitrogen and oxygen atoms in total. The van der Waals surface area contributed by atoms with E-state index in [4.69, 9.17) is 0 Å². The second-order valence-electron chi connectivity index (χ2n) is 9.59. The Morgan fingerprint density at radius 3 is 2.23 bits per heavy atom. The van der Waals surface area contributed by atoms with E-state index in [2.05, 4.69) is 27.9 Å². The van der Waals surface area contributed by atoms with Crippen LogP contribution >= 0.6 is 0 Å². The molecule has 0 aliphatic heterocycles. The first-order valence-corrected chi connectivity index (χ1v) is 12.9. The molecule has 0 saturated carbocycles. The van der Waals surface area contributed by atoms with Crippen molar-refractivity contribution in [1.29, 1.82) is 0 Å². The second kappa shape index (κ2) is 11.2. The molecule has 0 fully saturated rings. The van der Waals surface area contributed by atoms with Crippen molar-refractivity contribution in [3.05, 3.63) is 114 Å². The number of aromatic nitrogens is 2. The number of hydrogen-bond acceptors (Lipinski definition) is 5. The topological polar surface area (TPSA) is 87.5 Å². The summed E-state index contributed by atoms with van der Waals surface area (Å²) in [6.07, 6.45) is 0. The lowest BCUT2D eigenvalue weighted by molar-refractivity contribution is -0.112.